The van der Waals surface area contributed by atoms with Gasteiger partial charge >= 0.3 is 0 Å². The molecule has 0 atom stereocenters. The van der Waals surface area contributed by atoms with Crippen LogP contribution >= 0.6 is 11.3 Å². The zero-order valence-electron chi connectivity index (χ0n) is 11.0. The summed E-state index contributed by atoms with van der Waals surface area (Å²) in [6.07, 6.45) is 1.35. The molecular weight excluding hydrogens is 266 g/mol. The van der Waals surface area contributed by atoms with Gasteiger partial charge in [0.25, 0.3) is 0 Å². The maximum Gasteiger partial charge on any atom is 0.228 e. The van der Waals surface area contributed by atoms with Crippen LogP contribution in [-0.2, 0) is 16.0 Å². The molecule has 1 aromatic heterocycles. The van der Waals surface area contributed by atoms with Gasteiger partial charge in [-0.25, -0.2) is 4.98 Å². The number of anilines is 1. The van der Waals surface area contributed by atoms with Gasteiger partial charge in [0, 0.05) is 45.0 Å². The molecule has 1 saturated heterocycles. The number of hydrogen-bond donors (Lipinski definition) is 2. The van der Waals surface area contributed by atoms with Gasteiger partial charge < -0.3 is 20.5 Å². The van der Waals surface area contributed by atoms with E-state index in [2.05, 4.69) is 4.98 Å². The zero-order chi connectivity index (χ0) is 13.9. The van der Waals surface area contributed by atoms with E-state index in [4.69, 9.17) is 10.5 Å². The van der Waals surface area contributed by atoms with E-state index in [0.717, 1.165) is 0 Å². The molecule has 0 aromatic carbocycles. The number of rotatable bonds is 4. The van der Waals surface area contributed by atoms with E-state index in [1.165, 1.54) is 11.3 Å². The molecule has 1 fully saturated rings. The molecule has 0 bridgehead atoms. The number of nitrogens with two attached hydrogens (primary N) is 1. The Balaban J connectivity index is 1.88. The number of carbonyl (C=O) groups excluding carboxylic acids is 1. The Bertz CT molecular complexity index is 443. The fraction of sp³-hybridized carbons (Fsp3) is 0.667. The number of nitrogens with zero attached hydrogens (tertiary/aromatic N) is 2. The van der Waals surface area contributed by atoms with Crippen LogP contribution in [0, 0.1) is 0 Å². The van der Waals surface area contributed by atoms with Crippen molar-refractivity contribution in [1.29, 1.82) is 0 Å². The molecule has 1 amide bonds. The molecule has 6 nitrogen and oxygen atoms in total. The Kier molecular flexibility index (Phi) is 4.38. The van der Waals surface area contributed by atoms with Crippen molar-refractivity contribution in [2.24, 2.45) is 0 Å². The first-order valence-electron chi connectivity index (χ1n) is 6.22. The van der Waals surface area contributed by atoms with Gasteiger partial charge in [0.15, 0.2) is 5.13 Å². The van der Waals surface area contributed by atoms with Crippen LogP contribution < -0.4 is 5.73 Å². The average Bonchev–Trinajstić information content (AvgIpc) is 2.75. The highest BCUT2D eigenvalue weighted by Crippen LogP contribution is 2.21. The lowest BCUT2D eigenvalue weighted by molar-refractivity contribution is -0.136. The molecule has 0 unspecified atom stereocenters. The lowest BCUT2D eigenvalue weighted by atomic mass is 9.94. The second-order valence-corrected chi connectivity index (χ2v) is 5.83. The molecule has 2 heterocycles. The minimum absolute atomic E-state index is 0.0646. The number of nitrogen functional groups attached to an aromatic ring is 1. The molecule has 0 radical (unpaired) electrons. The summed E-state index contributed by atoms with van der Waals surface area (Å²) in [6.45, 7) is 1.41. The van der Waals surface area contributed by atoms with Crippen LogP contribution in [0.3, 0.4) is 0 Å². The maximum absolute atomic E-state index is 12.0. The fourth-order valence-electron chi connectivity index (χ4n) is 2.13. The highest BCUT2D eigenvalue weighted by molar-refractivity contribution is 7.13. The summed E-state index contributed by atoms with van der Waals surface area (Å²) < 4.78 is 5.22. The van der Waals surface area contributed by atoms with Crippen molar-refractivity contribution in [3.63, 3.8) is 0 Å². The Morgan fingerprint density at radius 1 is 1.63 bits per heavy atom. The third-order valence-electron chi connectivity index (χ3n) is 3.28. The molecular formula is C12H19N3O3S. The molecule has 0 aliphatic carbocycles. The zero-order valence-corrected chi connectivity index (χ0v) is 11.8. The average molecular weight is 285 g/mol. The first-order chi connectivity index (χ1) is 8.98. The van der Waals surface area contributed by atoms with Crippen LogP contribution in [0.5, 0.6) is 0 Å². The number of aromatic nitrogens is 1. The number of thiazole rings is 1. The van der Waals surface area contributed by atoms with Gasteiger partial charge in [0.05, 0.1) is 17.7 Å². The minimum atomic E-state index is -0.830. The van der Waals surface area contributed by atoms with Gasteiger partial charge in [-0.3, -0.25) is 4.79 Å². The van der Waals surface area contributed by atoms with E-state index >= 15 is 0 Å². The summed E-state index contributed by atoms with van der Waals surface area (Å²) in [6, 6.07) is 0. The molecule has 1 aliphatic heterocycles. The summed E-state index contributed by atoms with van der Waals surface area (Å²) in [5.41, 5.74) is 5.38. The number of aliphatic hydroxyl groups is 1. The number of likely N-dealkylation sites (N-methyl/N-ethyl adjacent to an activating group) is 1. The molecule has 3 N–H and O–H groups in total. The summed E-state index contributed by atoms with van der Waals surface area (Å²) in [5, 5.41) is 12.6. The topological polar surface area (TPSA) is 88.7 Å². The predicted octanol–water partition coefficient (Wildman–Crippen LogP) is 0.268. The summed E-state index contributed by atoms with van der Waals surface area (Å²) in [7, 11) is 1.70. The normalized spacial score (nSPS) is 18.2. The monoisotopic (exact) mass is 285 g/mol. The molecule has 7 heteroatoms. The van der Waals surface area contributed by atoms with Crippen molar-refractivity contribution >= 4 is 22.4 Å². The van der Waals surface area contributed by atoms with E-state index < -0.39 is 5.60 Å². The number of carbonyl (C=O) groups is 1. The molecule has 0 saturated carbocycles. The summed E-state index contributed by atoms with van der Waals surface area (Å²) >= 11 is 1.32. The highest BCUT2D eigenvalue weighted by atomic mass is 32.1. The standard InChI is InChI=1S/C12H19N3O3S/c1-15(8-12(17)2-4-18-5-3-12)10(16)6-9-7-19-11(13)14-9/h7,17H,2-6,8H2,1H3,(H2,13,14). The van der Waals surface area contributed by atoms with Crippen LogP contribution in [0.4, 0.5) is 5.13 Å². The lowest BCUT2D eigenvalue weighted by Crippen LogP contribution is -2.47. The smallest absolute Gasteiger partial charge is 0.228 e. The van der Waals surface area contributed by atoms with E-state index in [9.17, 15) is 9.90 Å². The van der Waals surface area contributed by atoms with Crippen molar-refractivity contribution in [2.75, 3.05) is 32.5 Å². The van der Waals surface area contributed by atoms with Crippen molar-refractivity contribution in [2.45, 2.75) is 24.9 Å². The lowest BCUT2D eigenvalue weighted by Gasteiger charge is -2.35. The number of ether oxygens (including phenoxy) is 1. The SMILES string of the molecule is CN(CC1(O)CCOCC1)C(=O)Cc1csc(N)n1. The number of amides is 1. The van der Waals surface area contributed by atoms with Crippen molar-refractivity contribution in [3.05, 3.63) is 11.1 Å². The van der Waals surface area contributed by atoms with Gasteiger partial charge in [-0.05, 0) is 0 Å². The largest absolute Gasteiger partial charge is 0.388 e. The van der Waals surface area contributed by atoms with E-state index in [1.807, 2.05) is 0 Å². The predicted molar refractivity (Wildman–Crippen MR) is 72.9 cm³/mol. The van der Waals surface area contributed by atoms with Crippen LogP contribution in [0.25, 0.3) is 0 Å². The van der Waals surface area contributed by atoms with Crippen LogP contribution in [0.15, 0.2) is 5.38 Å². The quantitative estimate of drug-likeness (QED) is 0.829. The van der Waals surface area contributed by atoms with Gasteiger partial charge in [-0.1, -0.05) is 0 Å². The fourth-order valence-corrected chi connectivity index (χ4v) is 2.70. The molecule has 1 aromatic rings. The maximum atomic E-state index is 12.0. The molecule has 2 rings (SSSR count). The van der Waals surface area contributed by atoms with Gasteiger partial charge in [0.1, 0.15) is 0 Å². The van der Waals surface area contributed by atoms with Crippen molar-refractivity contribution < 1.29 is 14.6 Å². The van der Waals surface area contributed by atoms with Crippen LogP contribution in [0.1, 0.15) is 18.5 Å². The van der Waals surface area contributed by atoms with Gasteiger partial charge in [-0.2, -0.15) is 0 Å². The van der Waals surface area contributed by atoms with E-state index in [0.29, 0.717) is 43.4 Å². The van der Waals surface area contributed by atoms with Gasteiger partial charge in [0.2, 0.25) is 5.91 Å². The Labute approximate surface area is 116 Å². The molecule has 19 heavy (non-hydrogen) atoms. The van der Waals surface area contributed by atoms with Crippen molar-refractivity contribution in [3.8, 4) is 0 Å². The highest BCUT2D eigenvalue weighted by Gasteiger charge is 2.32. The molecule has 1 aliphatic rings. The summed E-state index contributed by atoms with van der Waals surface area (Å²) in [4.78, 5) is 17.7. The Morgan fingerprint density at radius 3 is 2.89 bits per heavy atom. The minimum Gasteiger partial charge on any atom is -0.388 e. The van der Waals surface area contributed by atoms with E-state index in [-0.39, 0.29) is 12.3 Å². The molecule has 0 spiro atoms. The van der Waals surface area contributed by atoms with Crippen LogP contribution in [-0.4, -0.2) is 53.3 Å². The number of hydrogen-bond acceptors (Lipinski definition) is 6. The van der Waals surface area contributed by atoms with Crippen molar-refractivity contribution in [1.82, 2.24) is 9.88 Å². The second kappa shape index (κ2) is 5.85. The first-order valence-corrected chi connectivity index (χ1v) is 7.10. The Hall–Kier alpha value is -1.18. The van der Waals surface area contributed by atoms with E-state index in [1.54, 1.807) is 17.3 Å². The second-order valence-electron chi connectivity index (χ2n) is 4.94. The third kappa shape index (κ3) is 3.89. The third-order valence-corrected chi connectivity index (χ3v) is 4.01. The first kappa shape index (κ1) is 14.2. The molecule has 106 valence electrons. The van der Waals surface area contributed by atoms with Gasteiger partial charge in [-0.15, -0.1) is 11.3 Å². The Morgan fingerprint density at radius 2 is 2.32 bits per heavy atom. The summed E-state index contributed by atoms with van der Waals surface area (Å²) in [5.74, 6) is -0.0646. The van der Waals surface area contributed by atoms with Crippen LogP contribution in [0.2, 0.25) is 0 Å².